The first-order valence-corrected chi connectivity index (χ1v) is 12.1. The van der Waals surface area contributed by atoms with Gasteiger partial charge in [-0.25, -0.2) is 8.78 Å². The topological polar surface area (TPSA) is 23.6 Å². The molecular formula is C27H34F2N2O. The maximum Gasteiger partial charge on any atom is 0.225 e. The molecule has 1 aliphatic carbocycles. The van der Waals surface area contributed by atoms with Gasteiger partial charge in [-0.15, -0.1) is 0 Å². The molecule has 2 aromatic rings. The zero-order valence-electron chi connectivity index (χ0n) is 18.8. The van der Waals surface area contributed by atoms with Crippen LogP contribution < -0.4 is 0 Å². The van der Waals surface area contributed by atoms with Crippen molar-refractivity contribution in [3.8, 4) is 0 Å². The second-order valence-corrected chi connectivity index (χ2v) is 9.30. The van der Waals surface area contributed by atoms with E-state index in [1.54, 1.807) is 0 Å². The molecule has 4 rings (SSSR count). The number of hydrogen-bond acceptors (Lipinski definition) is 2. The van der Waals surface area contributed by atoms with Crippen LogP contribution in [0.5, 0.6) is 0 Å². The van der Waals surface area contributed by atoms with Crippen molar-refractivity contribution in [2.75, 3.05) is 32.7 Å². The van der Waals surface area contributed by atoms with Crippen LogP contribution in [-0.4, -0.2) is 48.4 Å². The first-order valence-electron chi connectivity index (χ1n) is 12.1. The minimum Gasteiger partial charge on any atom is -0.340 e. The summed E-state index contributed by atoms with van der Waals surface area (Å²) in [6, 6.07) is 13.3. The summed E-state index contributed by atoms with van der Waals surface area (Å²) in [7, 11) is 0. The van der Waals surface area contributed by atoms with Crippen LogP contribution in [0.4, 0.5) is 8.78 Å². The van der Waals surface area contributed by atoms with E-state index in [-0.39, 0.29) is 23.5 Å². The van der Waals surface area contributed by atoms with Crippen LogP contribution in [0, 0.1) is 17.6 Å². The van der Waals surface area contributed by atoms with Gasteiger partial charge in [0.25, 0.3) is 0 Å². The Labute approximate surface area is 190 Å². The van der Waals surface area contributed by atoms with Gasteiger partial charge in [-0.3, -0.25) is 9.69 Å². The quantitative estimate of drug-likeness (QED) is 0.559. The summed E-state index contributed by atoms with van der Waals surface area (Å²) >= 11 is 0. The Kier molecular flexibility index (Phi) is 7.90. The van der Waals surface area contributed by atoms with E-state index in [1.165, 1.54) is 43.5 Å². The molecule has 0 unspecified atom stereocenters. The zero-order valence-corrected chi connectivity index (χ0v) is 18.8. The lowest BCUT2D eigenvalue weighted by Gasteiger charge is -2.37. The van der Waals surface area contributed by atoms with Crippen molar-refractivity contribution in [2.24, 2.45) is 5.92 Å². The van der Waals surface area contributed by atoms with E-state index in [0.717, 1.165) is 69.5 Å². The molecule has 1 saturated heterocycles. The van der Waals surface area contributed by atoms with E-state index in [1.807, 2.05) is 24.3 Å². The number of amides is 1. The van der Waals surface area contributed by atoms with Crippen molar-refractivity contribution < 1.29 is 13.6 Å². The van der Waals surface area contributed by atoms with Crippen LogP contribution in [0.1, 0.15) is 62.0 Å². The molecule has 1 heterocycles. The molecule has 2 aliphatic rings. The van der Waals surface area contributed by atoms with Crippen molar-refractivity contribution in [3.63, 3.8) is 0 Å². The number of carbonyl (C=O) groups excluding carboxylic acids is 1. The molecule has 0 aromatic heterocycles. The van der Waals surface area contributed by atoms with E-state index in [4.69, 9.17) is 0 Å². The van der Waals surface area contributed by atoms with Gasteiger partial charge in [0.2, 0.25) is 5.91 Å². The fraction of sp³-hybridized carbons (Fsp3) is 0.519. The highest BCUT2D eigenvalue weighted by atomic mass is 19.1. The molecule has 1 amide bonds. The van der Waals surface area contributed by atoms with Crippen LogP contribution in [0.3, 0.4) is 0 Å². The first-order chi connectivity index (χ1) is 15.6. The van der Waals surface area contributed by atoms with Crippen molar-refractivity contribution >= 4 is 5.91 Å². The van der Waals surface area contributed by atoms with Gasteiger partial charge in [0.05, 0.1) is 0 Å². The molecular weight excluding hydrogens is 406 g/mol. The molecule has 0 radical (unpaired) electrons. The van der Waals surface area contributed by atoms with Crippen LogP contribution >= 0.6 is 0 Å². The van der Waals surface area contributed by atoms with Gasteiger partial charge in [-0.1, -0.05) is 43.5 Å². The minimum atomic E-state index is -0.243. The smallest absolute Gasteiger partial charge is 0.225 e. The number of halogens is 2. The molecule has 0 atom stereocenters. The lowest BCUT2D eigenvalue weighted by Crippen LogP contribution is -2.50. The number of piperazine rings is 1. The fourth-order valence-electron chi connectivity index (χ4n) is 5.23. The molecule has 172 valence electrons. The summed E-state index contributed by atoms with van der Waals surface area (Å²) in [5, 5.41) is 0. The van der Waals surface area contributed by atoms with Gasteiger partial charge in [-0.2, -0.15) is 0 Å². The maximum absolute atomic E-state index is 13.4. The summed E-state index contributed by atoms with van der Waals surface area (Å²) in [6.45, 7) is 4.49. The fourth-order valence-corrected chi connectivity index (χ4v) is 5.23. The van der Waals surface area contributed by atoms with Gasteiger partial charge in [0.15, 0.2) is 0 Å². The van der Waals surface area contributed by atoms with Crippen molar-refractivity contribution in [2.45, 2.75) is 50.9 Å². The molecule has 0 bridgehead atoms. The monoisotopic (exact) mass is 440 g/mol. The molecule has 0 spiro atoms. The Morgan fingerprint density at radius 1 is 0.812 bits per heavy atom. The molecule has 1 saturated carbocycles. The second-order valence-electron chi connectivity index (χ2n) is 9.30. The Morgan fingerprint density at radius 3 is 1.88 bits per heavy atom. The predicted octanol–water partition coefficient (Wildman–Crippen LogP) is 5.60. The van der Waals surface area contributed by atoms with E-state index in [0.29, 0.717) is 5.91 Å². The molecule has 2 aromatic carbocycles. The normalized spacial score (nSPS) is 18.3. The molecule has 5 heteroatoms. The number of carbonyl (C=O) groups is 1. The summed E-state index contributed by atoms with van der Waals surface area (Å²) in [5.41, 5.74) is 2.11. The highest BCUT2D eigenvalue weighted by Gasteiger charge is 2.28. The number of nitrogens with zero attached hydrogens (tertiary/aromatic N) is 2. The van der Waals surface area contributed by atoms with Crippen LogP contribution in [0.25, 0.3) is 0 Å². The largest absolute Gasteiger partial charge is 0.340 e. The SMILES string of the molecule is O=C(C1CCCCC1)N1CCN(CCCC(c2ccc(F)cc2)c2ccc(F)cc2)CC1. The summed E-state index contributed by atoms with van der Waals surface area (Å²) in [6.07, 6.45) is 7.70. The van der Waals surface area contributed by atoms with E-state index >= 15 is 0 Å². The van der Waals surface area contributed by atoms with Gasteiger partial charge in [0.1, 0.15) is 11.6 Å². The Bertz CT molecular complexity index is 809. The number of benzene rings is 2. The Balaban J connectivity index is 1.29. The molecule has 0 N–H and O–H groups in total. The zero-order chi connectivity index (χ0) is 22.3. The lowest BCUT2D eigenvalue weighted by molar-refractivity contribution is -0.138. The van der Waals surface area contributed by atoms with Gasteiger partial charge in [0, 0.05) is 38.0 Å². The van der Waals surface area contributed by atoms with Crippen LogP contribution in [0.2, 0.25) is 0 Å². The lowest BCUT2D eigenvalue weighted by atomic mass is 9.87. The first kappa shape index (κ1) is 22.9. The van der Waals surface area contributed by atoms with E-state index in [9.17, 15) is 13.6 Å². The average Bonchev–Trinajstić information content (AvgIpc) is 2.84. The second kappa shape index (κ2) is 11.0. The van der Waals surface area contributed by atoms with Gasteiger partial charge < -0.3 is 4.90 Å². The van der Waals surface area contributed by atoms with E-state index < -0.39 is 0 Å². The molecule has 3 nitrogen and oxygen atoms in total. The highest BCUT2D eigenvalue weighted by Crippen LogP contribution is 2.30. The third-order valence-corrected chi connectivity index (χ3v) is 7.15. The van der Waals surface area contributed by atoms with Crippen LogP contribution in [-0.2, 0) is 4.79 Å². The Hall–Kier alpha value is -2.27. The average molecular weight is 441 g/mol. The predicted molar refractivity (Wildman–Crippen MR) is 123 cm³/mol. The minimum absolute atomic E-state index is 0.116. The third-order valence-electron chi connectivity index (χ3n) is 7.15. The maximum atomic E-state index is 13.4. The van der Waals surface area contributed by atoms with Gasteiger partial charge >= 0.3 is 0 Å². The van der Waals surface area contributed by atoms with E-state index in [2.05, 4.69) is 9.80 Å². The standard InChI is InChI=1S/C27H34F2N2O/c28-24-12-8-21(9-13-24)26(22-10-14-25(29)15-11-22)7-4-16-30-17-19-31(20-18-30)27(32)23-5-2-1-3-6-23/h8-15,23,26H,1-7,16-20H2. The summed E-state index contributed by atoms with van der Waals surface area (Å²) < 4.78 is 26.8. The molecule has 32 heavy (non-hydrogen) atoms. The van der Waals surface area contributed by atoms with Crippen LogP contribution in [0.15, 0.2) is 48.5 Å². The van der Waals surface area contributed by atoms with Crippen molar-refractivity contribution in [1.82, 2.24) is 9.80 Å². The number of rotatable bonds is 7. The molecule has 2 fully saturated rings. The Morgan fingerprint density at radius 2 is 1.34 bits per heavy atom. The van der Waals surface area contributed by atoms with Crippen molar-refractivity contribution in [3.05, 3.63) is 71.3 Å². The highest BCUT2D eigenvalue weighted by molar-refractivity contribution is 5.79. The van der Waals surface area contributed by atoms with Crippen molar-refractivity contribution in [1.29, 1.82) is 0 Å². The molecule has 1 aliphatic heterocycles. The number of hydrogen-bond donors (Lipinski definition) is 0. The summed E-state index contributed by atoms with van der Waals surface area (Å²) in [4.78, 5) is 17.3. The summed E-state index contributed by atoms with van der Waals surface area (Å²) in [5.74, 6) is 0.254. The third kappa shape index (κ3) is 5.94. The van der Waals surface area contributed by atoms with Gasteiger partial charge in [-0.05, 0) is 67.6 Å².